The molecule has 6 nitrogen and oxygen atoms in total. The highest BCUT2D eigenvalue weighted by molar-refractivity contribution is 5.78. The Bertz CT molecular complexity index is 541. The maximum absolute atomic E-state index is 12.6. The average Bonchev–Trinajstić information content (AvgIpc) is 2.93. The van der Waals surface area contributed by atoms with E-state index in [1.165, 1.54) is 6.42 Å². The summed E-state index contributed by atoms with van der Waals surface area (Å²) in [4.78, 5) is 19.3. The third-order valence-corrected chi connectivity index (χ3v) is 5.11. The lowest BCUT2D eigenvalue weighted by Gasteiger charge is -2.38. The fourth-order valence-corrected chi connectivity index (χ4v) is 3.98. The van der Waals surface area contributed by atoms with Crippen LogP contribution in [0.3, 0.4) is 0 Å². The topological polar surface area (TPSA) is 52.8 Å². The van der Waals surface area contributed by atoms with E-state index in [-0.39, 0.29) is 0 Å². The fourth-order valence-electron chi connectivity index (χ4n) is 3.98. The third kappa shape index (κ3) is 4.57. The van der Waals surface area contributed by atoms with Crippen LogP contribution in [-0.2, 0) is 11.3 Å². The van der Waals surface area contributed by atoms with Gasteiger partial charge in [0.15, 0.2) is 0 Å². The first-order chi connectivity index (χ1) is 11.5. The van der Waals surface area contributed by atoms with Crippen molar-refractivity contribution in [3.63, 3.8) is 0 Å². The number of rotatable bonds is 4. The average molecular weight is 334 g/mol. The number of carbonyl (C=O) groups excluding carboxylic acids is 1. The van der Waals surface area contributed by atoms with Crippen molar-refractivity contribution >= 4 is 5.91 Å². The Morgan fingerprint density at radius 3 is 2.38 bits per heavy atom. The van der Waals surface area contributed by atoms with E-state index in [0.29, 0.717) is 24.3 Å². The molecule has 0 bridgehead atoms. The van der Waals surface area contributed by atoms with E-state index < -0.39 is 0 Å². The lowest BCUT2D eigenvalue weighted by molar-refractivity contribution is -0.135. The number of piperazine rings is 1. The van der Waals surface area contributed by atoms with Crippen molar-refractivity contribution in [2.45, 2.75) is 33.7 Å². The molecule has 2 atom stereocenters. The summed E-state index contributed by atoms with van der Waals surface area (Å²) in [7, 11) is 0. The standard InChI is InChI=1S/C18H30N4O2/c1-14-8-15(2)11-22(10-14)18(23)13-21-6-4-20(5-7-21)12-17-9-16(3)24-19-17/h9,14-15H,4-8,10-13H2,1-3H3. The number of nitrogens with zero attached hydrogens (tertiary/aromatic N) is 4. The summed E-state index contributed by atoms with van der Waals surface area (Å²) in [5, 5.41) is 4.06. The molecule has 0 radical (unpaired) electrons. The molecule has 1 aromatic heterocycles. The van der Waals surface area contributed by atoms with Crippen LogP contribution in [0.5, 0.6) is 0 Å². The number of aryl methyl sites for hydroxylation is 1. The summed E-state index contributed by atoms with van der Waals surface area (Å²) < 4.78 is 5.13. The smallest absolute Gasteiger partial charge is 0.236 e. The van der Waals surface area contributed by atoms with Crippen LogP contribution in [0.1, 0.15) is 31.7 Å². The molecule has 0 saturated carbocycles. The molecule has 3 heterocycles. The predicted octanol–water partition coefficient (Wildman–Crippen LogP) is 1.61. The van der Waals surface area contributed by atoms with Gasteiger partial charge in [-0.3, -0.25) is 14.6 Å². The molecule has 2 unspecified atom stereocenters. The second-order valence-corrected chi connectivity index (χ2v) is 7.73. The fraction of sp³-hybridized carbons (Fsp3) is 0.778. The minimum absolute atomic E-state index is 0.300. The third-order valence-electron chi connectivity index (χ3n) is 5.11. The van der Waals surface area contributed by atoms with Crippen molar-refractivity contribution < 1.29 is 9.32 Å². The Hall–Kier alpha value is -1.40. The van der Waals surface area contributed by atoms with E-state index in [1.807, 2.05) is 13.0 Å². The Labute approximate surface area is 144 Å². The molecular formula is C18H30N4O2. The zero-order valence-electron chi connectivity index (χ0n) is 15.2. The summed E-state index contributed by atoms with van der Waals surface area (Å²) in [6.45, 7) is 13.5. The van der Waals surface area contributed by atoms with Gasteiger partial charge in [-0.25, -0.2) is 0 Å². The summed E-state index contributed by atoms with van der Waals surface area (Å²) in [6, 6.07) is 1.99. The molecule has 6 heteroatoms. The minimum Gasteiger partial charge on any atom is -0.361 e. The first-order valence-electron chi connectivity index (χ1n) is 9.14. The first kappa shape index (κ1) is 17.4. The van der Waals surface area contributed by atoms with Crippen molar-refractivity contribution in [2.24, 2.45) is 11.8 Å². The van der Waals surface area contributed by atoms with Gasteiger partial charge in [-0.2, -0.15) is 0 Å². The second-order valence-electron chi connectivity index (χ2n) is 7.73. The Morgan fingerprint density at radius 2 is 1.79 bits per heavy atom. The molecule has 1 amide bonds. The Kier molecular flexibility index (Phi) is 5.56. The summed E-state index contributed by atoms with van der Waals surface area (Å²) >= 11 is 0. The van der Waals surface area contributed by atoms with Gasteiger partial charge in [-0.05, 0) is 25.2 Å². The van der Waals surface area contributed by atoms with Gasteiger partial charge in [0.25, 0.3) is 0 Å². The van der Waals surface area contributed by atoms with Crippen molar-refractivity contribution in [1.29, 1.82) is 0 Å². The molecule has 0 aromatic carbocycles. The summed E-state index contributed by atoms with van der Waals surface area (Å²) in [6.07, 6.45) is 1.24. The molecule has 1 aromatic rings. The van der Waals surface area contributed by atoms with Crippen molar-refractivity contribution in [1.82, 2.24) is 19.9 Å². The lowest BCUT2D eigenvalue weighted by Crippen LogP contribution is -2.51. The Morgan fingerprint density at radius 1 is 1.17 bits per heavy atom. The molecule has 24 heavy (non-hydrogen) atoms. The van der Waals surface area contributed by atoms with E-state index in [4.69, 9.17) is 4.52 Å². The summed E-state index contributed by atoms with van der Waals surface area (Å²) in [5.41, 5.74) is 0.994. The van der Waals surface area contributed by atoms with E-state index in [9.17, 15) is 4.79 Å². The van der Waals surface area contributed by atoms with Gasteiger partial charge in [0.1, 0.15) is 5.76 Å². The number of hydrogen-bond donors (Lipinski definition) is 0. The number of aromatic nitrogens is 1. The minimum atomic E-state index is 0.300. The number of amides is 1. The molecule has 0 spiro atoms. The number of piperidine rings is 1. The molecule has 2 aliphatic heterocycles. The molecule has 3 rings (SSSR count). The zero-order chi connectivity index (χ0) is 17.1. The predicted molar refractivity (Wildman–Crippen MR) is 92.5 cm³/mol. The number of likely N-dealkylation sites (tertiary alicyclic amines) is 1. The molecular weight excluding hydrogens is 304 g/mol. The van der Waals surface area contributed by atoms with Crippen LogP contribution in [0.25, 0.3) is 0 Å². The van der Waals surface area contributed by atoms with Crippen LogP contribution in [0.15, 0.2) is 10.6 Å². The molecule has 2 fully saturated rings. The van der Waals surface area contributed by atoms with E-state index in [1.54, 1.807) is 0 Å². The highest BCUT2D eigenvalue weighted by Crippen LogP contribution is 2.21. The van der Waals surface area contributed by atoms with E-state index in [0.717, 1.165) is 57.3 Å². The van der Waals surface area contributed by atoms with E-state index in [2.05, 4.69) is 33.7 Å². The van der Waals surface area contributed by atoms with Gasteiger partial charge in [-0.15, -0.1) is 0 Å². The normalized spacial score (nSPS) is 26.7. The molecule has 134 valence electrons. The van der Waals surface area contributed by atoms with Gasteiger partial charge in [0.2, 0.25) is 5.91 Å². The monoisotopic (exact) mass is 334 g/mol. The number of hydrogen-bond acceptors (Lipinski definition) is 5. The van der Waals surface area contributed by atoms with Crippen LogP contribution >= 0.6 is 0 Å². The lowest BCUT2D eigenvalue weighted by atomic mass is 9.92. The molecule has 0 aliphatic carbocycles. The van der Waals surface area contributed by atoms with Crippen LogP contribution in [0, 0.1) is 18.8 Å². The number of carbonyl (C=O) groups is 1. The molecule has 2 saturated heterocycles. The van der Waals surface area contributed by atoms with Gasteiger partial charge in [0, 0.05) is 51.9 Å². The van der Waals surface area contributed by atoms with Crippen LogP contribution < -0.4 is 0 Å². The maximum atomic E-state index is 12.6. The van der Waals surface area contributed by atoms with Crippen molar-refractivity contribution in [2.75, 3.05) is 45.8 Å². The summed E-state index contributed by atoms with van der Waals surface area (Å²) in [5.74, 6) is 2.41. The zero-order valence-corrected chi connectivity index (χ0v) is 15.2. The van der Waals surface area contributed by atoms with Gasteiger partial charge < -0.3 is 9.42 Å². The Balaban J connectivity index is 1.42. The van der Waals surface area contributed by atoms with Crippen LogP contribution in [0.4, 0.5) is 0 Å². The molecule has 2 aliphatic rings. The molecule has 0 N–H and O–H groups in total. The van der Waals surface area contributed by atoms with Gasteiger partial charge >= 0.3 is 0 Å². The SMILES string of the molecule is Cc1cc(CN2CCN(CC(=O)N3CC(C)CC(C)C3)CC2)no1. The van der Waals surface area contributed by atoms with Crippen molar-refractivity contribution in [3.8, 4) is 0 Å². The quantitative estimate of drug-likeness (QED) is 0.837. The first-order valence-corrected chi connectivity index (χ1v) is 9.14. The van der Waals surface area contributed by atoms with E-state index >= 15 is 0 Å². The second kappa shape index (κ2) is 7.66. The van der Waals surface area contributed by atoms with Crippen molar-refractivity contribution in [3.05, 3.63) is 17.5 Å². The highest BCUT2D eigenvalue weighted by atomic mass is 16.5. The van der Waals surface area contributed by atoms with Crippen LogP contribution in [0.2, 0.25) is 0 Å². The maximum Gasteiger partial charge on any atom is 0.236 e. The van der Waals surface area contributed by atoms with Gasteiger partial charge in [0.05, 0.1) is 12.2 Å². The van der Waals surface area contributed by atoms with Crippen LogP contribution in [-0.4, -0.2) is 71.6 Å². The largest absolute Gasteiger partial charge is 0.361 e. The highest BCUT2D eigenvalue weighted by Gasteiger charge is 2.27. The van der Waals surface area contributed by atoms with Gasteiger partial charge in [-0.1, -0.05) is 19.0 Å².